The topological polar surface area (TPSA) is 88.3 Å². The van der Waals surface area contributed by atoms with Crippen molar-refractivity contribution >= 4 is 23.2 Å². The summed E-state index contributed by atoms with van der Waals surface area (Å²) in [5.74, 6) is 0.609. The molecule has 3 fully saturated rings. The number of rotatable bonds is 3. The fraction of sp³-hybridized carbons (Fsp3) is 0.654. The van der Waals surface area contributed by atoms with E-state index < -0.39 is 12.1 Å². The lowest BCUT2D eigenvalue weighted by molar-refractivity contribution is -0.140. The normalized spacial score (nSPS) is 40.5. The molecule has 1 aromatic rings. The van der Waals surface area contributed by atoms with E-state index in [2.05, 4.69) is 30.2 Å². The second-order valence-electron chi connectivity index (χ2n) is 11.2. The first-order valence-electron chi connectivity index (χ1n) is 12.3. The summed E-state index contributed by atoms with van der Waals surface area (Å²) in [6.07, 6.45) is 11.0. The smallest absolute Gasteiger partial charge is 0.259 e. The first kappa shape index (κ1) is 22.4. The minimum absolute atomic E-state index is 0.0314. The minimum atomic E-state index is -1.56. The lowest BCUT2D eigenvalue weighted by Gasteiger charge is -2.60. The molecule has 2 amide bonds. The van der Waals surface area contributed by atoms with Crippen molar-refractivity contribution in [2.24, 2.45) is 34.5 Å². The first-order valence-corrected chi connectivity index (χ1v) is 12.3. The number of fused-ring (bicyclic) bond motifs is 5. The lowest BCUT2D eigenvalue weighted by Crippen LogP contribution is -2.59. The Morgan fingerprint density at radius 2 is 2.03 bits per heavy atom. The van der Waals surface area contributed by atoms with Gasteiger partial charge in [-0.1, -0.05) is 19.9 Å². The van der Waals surface area contributed by atoms with E-state index in [-0.39, 0.29) is 28.7 Å². The highest BCUT2D eigenvalue weighted by atomic mass is 19.1. The SMILES string of the molecule is CN1C(=O)C=C[C@]2(C)C3CC[C@]4(C)[C@@H](C(F)C(=O)Nc5ccncc5N)CC[C@H]4C3CC[C@@H]12. The number of nitrogens with zero attached hydrogens (tertiary/aromatic N) is 2. The molecule has 3 aliphatic carbocycles. The Labute approximate surface area is 195 Å². The van der Waals surface area contributed by atoms with Gasteiger partial charge in [0.1, 0.15) is 0 Å². The second kappa shape index (κ2) is 7.81. The Balaban J connectivity index is 1.35. The maximum Gasteiger partial charge on any atom is 0.259 e. The van der Waals surface area contributed by atoms with Crippen LogP contribution >= 0.6 is 0 Å². The van der Waals surface area contributed by atoms with Gasteiger partial charge in [-0.3, -0.25) is 14.6 Å². The molecule has 1 aromatic heterocycles. The Hall–Kier alpha value is -2.44. The number of likely N-dealkylation sites (N-methyl/N-ethyl adjacent to an activating group) is 1. The van der Waals surface area contributed by atoms with Crippen LogP contribution in [0.25, 0.3) is 0 Å². The van der Waals surface area contributed by atoms with Gasteiger partial charge in [-0.15, -0.1) is 0 Å². The average molecular weight is 455 g/mol. The molecule has 0 radical (unpaired) electrons. The van der Waals surface area contributed by atoms with Crippen molar-refractivity contribution in [3.63, 3.8) is 0 Å². The van der Waals surface area contributed by atoms with E-state index in [0.717, 1.165) is 38.5 Å². The molecule has 178 valence electrons. The number of carbonyl (C=O) groups is 2. The summed E-state index contributed by atoms with van der Waals surface area (Å²) in [6, 6.07) is 1.84. The van der Waals surface area contributed by atoms with Crippen LogP contribution in [0.5, 0.6) is 0 Å². The van der Waals surface area contributed by atoms with Gasteiger partial charge in [0.05, 0.1) is 17.6 Å². The summed E-state index contributed by atoms with van der Waals surface area (Å²) < 4.78 is 15.7. The molecule has 2 heterocycles. The highest BCUT2D eigenvalue weighted by Gasteiger charge is 2.62. The largest absolute Gasteiger partial charge is 0.396 e. The van der Waals surface area contributed by atoms with Gasteiger partial charge in [-0.2, -0.15) is 0 Å². The van der Waals surface area contributed by atoms with Crippen LogP contribution in [0, 0.1) is 34.5 Å². The van der Waals surface area contributed by atoms with Gasteiger partial charge in [-0.05, 0) is 73.8 Å². The number of pyridine rings is 1. The first-order chi connectivity index (χ1) is 15.7. The predicted molar refractivity (Wildman–Crippen MR) is 126 cm³/mol. The van der Waals surface area contributed by atoms with Crippen LogP contribution in [-0.4, -0.2) is 41.0 Å². The standard InChI is InChI=1S/C26H35FN4O2/c1-25-11-8-17-15(4-7-21-26(17,2)12-9-22(32)31(21)3)16(25)5-6-18(25)23(27)24(33)30-20-10-13-29-14-19(20)28/h9-10,12-18,21,23H,4-8,11,28H2,1-3H3,(H,29,30,33)/t15?,16-,17?,18+,21+,23?,25-,26+/m0/s1. The monoisotopic (exact) mass is 454 g/mol. The molecular weight excluding hydrogens is 419 g/mol. The van der Waals surface area contributed by atoms with Crippen molar-refractivity contribution in [3.8, 4) is 0 Å². The summed E-state index contributed by atoms with van der Waals surface area (Å²) in [5.41, 5.74) is 6.41. The molecule has 0 bridgehead atoms. The van der Waals surface area contributed by atoms with Gasteiger partial charge < -0.3 is 16.0 Å². The molecule has 5 rings (SSSR count). The van der Waals surface area contributed by atoms with Gasteiger partial charge in [-0.25, -0.2) is 4.39 Å². The zero-order valence-corrected chi connectivity index (χ0v) is 19.8. The number of carbonyl (C=O) groups excluding carboxylic acids is 2. The highest BCUT2D eigenvalue weighted by Crippen LogP contribution is 2.66. The van der Waals surface area contributed by atoms with E-state index in [1.54, 1.807) is 12.1 Å². The number of alkyl halides is 1. The van der Waals surface area contributed by atoms with Crippen molar-refractivity contribution in [2.45, 2.75) is 64.6 Å². The third-order valence-corrected chi connectivity index (χ3v) is 9.91. The second-order valence-corrected chi connectivity index (χ2v) is 11.2. The number of amides is 2. The van der Waals surface area contributed by atoms with Crippen LogP contribution in [-0.2, 0) is 9.59 Å². The molecule has 4 aliphatic rings. The molecule has 3 saturated carbocycles. The van der Waals surface area contributed by atoms with Crippen LogP contribution < -0.4 is 11.1 Å². The van der Waals surface area contributed by atoms with Crippen LogP contribution in [0.15, 0.2) is 30.6 Å². The van der Waals surface area contributed by atoms with Crippen molar-refractivity contribution in [1.82, 2.24) is 9.88 Å². The molecule has 0 spiro atoms. The van der Waals surface area contributed by atoms with Crippen molar-refractivity contribution < 1.29 is 14.0 Å². The minimum Gasteiger partial charge on any atom is -0.396 e. The number of aromatic nitrogens is 1. The van der Waals surface area contributed by atoms with E-state index in [1.807, 2.05) is 11.9 Å². The van der Waals surface area contributed by atoms with Gasteiger partial charge in [0.2, 0.25) is 5.91 Å². The number of nitrogen functional groups attached to an aromatic ring is 1. The Kier molecular flexibility index (Phi) is 5.29. The third-order valence-electron chi connectivity index (χ3n) is 9.91. The Morgan fingerprint density at radius 3 is 2.79 bits per heavy atom. The van der Waals surface area contributed by atoms with Crippen LogP contribution in [0.2, 0.25) is 0 Å². The van der Waals surface area contributed by atoms with Gasteiger partial charge >= 0.3 is 0 Å². The van der Waals surface area contributed by atoms with E-state index in [1.165, 1.54) is 12.4 Å². The van der Waals surface area contributed by atoms with Crippen molar-refractivity contribution in [1.29, 1.82) is 0 Å². The fourth-order valence-corrected chi connectivity index (χ4v) is 8.16. The fourth-order valence-electron chi connectivity index (χ4n) is 8.16. The molecule has 3 N–H and O–H groups in total. The summed E-state index contributed by atoms with van der Waals surface area (Å²) in [6.45, 7) is 4.53. The molecule has 3 unspecified atom stereocenters. The number of hydrogen-bond acceptors (Lipinski definition) is 4. The third kappa shape index (κ3) is 3.29. The predicted octanol–water partition coefficient (Wildman–Crippen LogP) is 4.20. The van der Waals surface area contributed by atoms with E-state index in [9.17, 15) is 9.59 Å². The van der Waals surface area contributed by atoms with Gasteiger partial charge in [0.15, 0.2) is 6.17 Å². The molecule has 0 saturated heterocycles. The summed E-state index contributed by atoms with van der Waals surface area (Å²) in [7, 11) is 1.93. The van der Waals surface area contributed by atoms with Crippen LogP contribution in [0.4, 0.5) is 15.8 Å². The lowest BCUT2D eigenvalue weighted by atomic mass is 9.47. The van der Waals surface area contributed by atoms with Crippen LogP contribution in [0.1, 0.15) is 52.4 Å². The zero-order chi connectivity index (χ0) is 23.5. The maximum atomic E-state index is 15.7. The number of halogens is 1. The van der Waals surface area contributed by atoms with E-state index in [0.29, 0.717) is 29.1 Å². The summed E-state index contributed by atoms with van der Waals surface area (Å²) >= 11 is 0. The Bertz CT molecular complexity index is 998. The molecule has 33 heavy (non-hydrogen) atoms. The summed E-state index contributed by atoms with van der Waals surface area (Å²) in [4.78, 5) is 31.0. The van der Waals surface area contributed by atoms with Crippen molar-refractivity contribution in [2.75, 3.05) is 18.1 Å². The highest BCUT2D eigenvalue weighted by molar-refractivity contribution is 5.96. The van der Waals surface area contributed by atoms with Gasteiger partial charge in [0, 0.05) is 30.6 Å². The molecular formula is C26H35FN4O2. The molecule has 0 aromatic carbocycles. The maximum absolute atomic E-state index is 15.7. The molecule has 8 atom stereocenters. The Morgan fingerprint density at radius 1 is 1.24 bits per heavy atom. The molecule has 7 heteroatoms. The van der Waals surface area contributed by atoms with E-state index in [4.69, 9.17) is 5.73 Å². The van der Waals surface area contributed by atoms with E-state index >= 15 is 4.39 Å². The quantitative estimate of drug-likeness (QED) is 0.717. The number of anilines is 2. The number of nitrogens with one attached hydrogen (secondary N) is 1. The number of nitrogens with two attached hydrogens (primary N) is 1. The average Bonchev–Trinajstić information content (AvgIpc) is 3.15. The zero-order valence-electron chi connectivity index (χ0n) is 19.8. The summed E-state index contributed by atoms with van der Waals surface area (Å²) in [5, 5.41) is 2.68. The number of hydrogen-bond donors (Lipinski definition) is 2. The molecule has 6 nitrogen and oxygen atoms in total. The van der Waals surface area contributed by atoms with Crippen LogP contribution in [0.3, 0.4) is 0 Å². The van der Waals surface area contributed by atoms with Crippen molar-refractivity contribution in [3.05, 3.63) is 30.6 Å². The molecule has 1 aliphatic heterocycles. The van der Waals surface area contributed by atoms with Gasteiger partial charge in [0.25, 0.3) is 5.91 Å².